The van der Waals surface area contributed by atoms with Gasteiger partial charge in [0.05, 0.1) is 31.6 Å². The van der Waals surface area contributed by atoms with Gasteiger partial charge in [-0.2, -0.15) is 0 Å². The zero-order chi connectivity index (χ0) is 66.9. The number of allylic oxidation sites excluding steroid dienone is 2. The number of fused-ring (bicyclic) bond motifs is 5. The third-order valence-corrected chi connectivity index (χ3v) is 27.8. The molecule has 11 heteroatoms. The highest BCUT2D eigenvalue weighted by Gasteiger charge is 2.35. The molecule has 0 atom stereocenters. The van der Waals surface area contributed by atoms with Gasteiger partial charge in [0.1, 0.15) is 0 Å². The van der Waals surface area contributed by atoms with Gasteiger partial charge in [-0.3, -0.25) is 19.2 Å². The van der Waals surface area contributed by atoms with Gasteiger partial charge in [0.2, 0.25) is 0 Å². The number of aromatic nitrogens is 1. The lowest BCUT2D eigenvalue weighted by atomic mass is 9.99. The maximum atomic E-state index is 13.8. The smallest absolute Gasteiger partial charge is 0.197 e. The summed E-state index contributed by atoms with van der Waals surface area (Å²) in [6, 6.07) is 29.9. The van der Waals surface area contributed by atoms with E-state index in [9.17, 15) is 19.2 Å². The topological polar surface area (TPSA) is 73.2 Å². The Morgan fingerprint density at radius 3 is 0.938 bits per heavy atom. The first kappa shape index (κ1) is 71.9. The number of hydrogen-bond acceptors (Lipinski definition) is 10. The Balaban J connectivity index is 1.04. The molecule has 0 spiro atoms. The molecule has 7 heterocycles. The van der Waals surface area contributed by atoms with Crippen LogP contribution in [0.15, 0.2) is 96.1 Å². The number of thiophene rings is 6. The maximum absolute atomic E-state index is 13.8. The zero-order valence-corrected chi connectivity index (χ0v) is 63.3. The Bertz CT molecular complexity index is 3830. The van der Waals surface area contributed by atoms with Crippen molar-refractivity contribution in [3.63, 3.8) is 0 Å². The fourth-order valence-corrected chi connectivity index (χ4v) is 22.4. The predicted molar refractivity (Wildman–Crippen MR) is 421 cm³/mol. The molecule has 96 heavy (non-hydrogen) atoms. The lowest BCUT2D eigenvalue weighted by Gasteiger charge is -2.21. The van der Waals surface area contributed by atoms with Crippen molar-refractivity contribution in [2.24, 2.45) is 0 Å². The molecule has 0 unspecified atom stereocenters. The zero-order valence-electron chi connectivity index (χ0n) is 58.4. The molecule has 0 amide bonds. The fourth-order valence-electron chi connectivity index (χ4n) is 14.7. The Labute approximate surface area is 598 Å². The first-order valence-electron chi connectivity index (χ1n) is 37.5. The molecule has 0 fully saturated rings. The average Bonchev–Trinajstić information content (AvgIpc) is 1.56. The molecule has 9 aromatic rings. The molecule has 2 aliphatic rings. The Morgan fingerprint density at radius 1 is 0.323 bits per heavy atom. The van der Waals surface area contributed by atoms with E-state index in [4.69, 9.17) is 0 Å². The summed E-state index contributed by atoms with van der Waals surface area (Å²) in [5.41, 5.74) is 11.0. The maximum Gasteiger partial charge on any atom is 0.197 e. The molecule has 5 nitrogen and oxygen atoms in total. The van der Waals surface area contributed by atoms with Gasteiger partial charge in [-0.25, -0.2) is 0 Å². The molecule has 0 radical (unpaired) electrons. The Hall–Kier alpha value is -5.40. The minimum Gasteiger partial charge on any atom is -0.336 e. The van der Waals surface area contributed by atoms with E-state index in [-0.39, 0.29) is 34.3 Å². The second kappa shape index (κ2) is 35.6. The van der Waals surface area contributed by atoms with Crippen LogP contribution >= 0.6 is 68.0 Å². The van der Waals surface area contributed by atoms with Crippen LogP contribution in [0.25, 0.3) is 71.6 Å². The third-order valence-electron chi connectivity index (χ3n) is 20.0. The second-order valence-electron chi connectivity index (χ2n) is 27.5. The minimum absolute atomic E-state index is 0.164. The van der Waals surface area contributed by atoms with Crippen LogP contribution in [-0.4, -0.2) is 27.7 Å². The molecule has 11 rings (SSSR count). The lowest BCUT2D eigenvalue weighted by Crippen LogP contribution is -2.09. The van der Waals surface area contributed by atoms with E-state index >= 15 is 0 Å². The molecule has 0 saturated carbocycles. The van der Waals surface area contributed by atoms with Gasteiger partial charge in [-0.05, 0) is 135 Å². The quantitative estimate of drug-likeness (QED) is 0.0217. The van der Waals surface area contributed by atoms with E-state index in [0.717, 1.165) is 61.1 Å². The first-order valence-corrected chi connectivity index (χ1v) is 42.4. The number of carbonyl (C=O) groups is 4. The van der Waals surface area contributed by atoms with E-state index in [0.29, 0.717) is 28.3 Å². The third kappa shape index (κ3) is 16.9. The monoisotopic (exact) mass is 1390 g/mol. The van der Waals surface area contributed by atoms with Crippen LogP contribution in [0, 0.1) is 0 Å². The van der Waals surface area contributed by atoms with Crippen molar-refractivity contribution >= 4 is 124 Å². The summed E-state index contributed by atoms with van der Waals surface area (Å²) < 4.78 is 5.73. The van der Waals surface area contributed by atoms with Crippen molar-refractivity contribution in [2.45, 2.75) is 266 Å². The van der Waals surface area contributed by atoms with E-state index in [1.165, 1.54) is 249 Å². The number of nitrogens with zero attached hydrogens (tertiary/aromatic N) is 1. The second-order valence-corrected chi connectivity index (χ2v) is 33.9. The summed E-state index contributed by atoms with van der Waals surface area (Å²) in [7, 11) is 0. The normalized spacial score (nSPS) is 13.2. The van der Waals surface area contributed by atoms with Gasteiger partial charge in [0.15, 0.2) is 23.1 Å². The van der Waals surface area contributed by atoms with Crippen LogP contribution < -0.4 is 0 Å². The van der Waals surface area contributed by atoms with E-state index in [1.54, 1.807) is 46.9 Å². The number of aryl methyl sites for hydroxylation is 4. The van der Waals surface area contributed by atoms with Crippen LogP contribution in [-0.2, 0) is 25.7 Å². The molecule has 508 valence electrons. The molecule has 0 saturated heterocycles. The first-order chi connectivity index (χ1) is 47.1. The number of hydrogen-bond donors (Lipinski definition) is 0. The Morgan fingerprint density at radius 2 is 0.604 bits per heavy atom. The van der Waals surface area contributed by atoms with Crippen molar-refractivity contribution in [3.8, 4) is 39.0 Å². The van der Waals surface area contributed by atoms with Gasteiger partial charge < -0.3 is 4.57 Å². The van der Waals surface area contributed by atoms with Gasteiger partial charge in [-0.15, -0.1) is 68.0 Å². The van der Waals surface area contributed by atoms with Crippen molar-refractivity contribution in [1.82, 2.24) is 4.57 Å². The van der Waals surface area contributed by atoms with Gasteiger partial charge in [0, 0.05) is 77.1 Å². The molecule has 7 aromatic heterocycles. The SMILES string of the molecule is CCCCCCCCC(CCCCCCCC)n1c2cc(-c3sc(-c4sc(C=C5C(=O)c6ccccc6C5=O)cc4CCCCCC)cc3CCCCCC)sc2c2sc(-c3sc(-c4sc(C=C5C(=O)c6ccccc6C5=O)cc4CCCCCC)cc3CCCCCC)cc21. The summed E-state index contributed by atoms with van der Waals surface area (Å²) in [6.45, 7) is 13.8. The van der Waals surface area contributed by atoms with Crippen LogP contribution in [0.1, 0.15) is 314 Å². The van der Waals surface area contributed by atoms with Gasteiger partial charge in [-0.1, -0.05) is 244 Å². The molecule has 0 N–H and O–H groups in total. The number of Topliss-reactive ketones (excluding diaryl/α,β-unsaturated/α-hetero) is 4. The van der Waals surface area contributed by atoms with Crippen molar-refractivity contribution in [1.29, 1.82) is 0 Å². The standard InChI is InChI=1S/C85H103NO4S6/c1-7-13-19-25-27-33-43-61(44-34-28-26-20-14-8-2)86-70-55-74(82-59(41-31-23-17-11-5)51-72(93-82)80-57(39-29-21-15-9-3)49-62(91-80)53-68-76(87)64-45-35-36-46-65(64)77(68)88)95-84(70)85-71(86)56-75(96-85)83-60(42-32-24-18-12-6)52-73(94-83)81-58(40-30-22-16-10-4)50-63(92-81)54-69-78(89)66-47-37-38-48-67(66)79(69)90/h35-38,45-56,61H,7-34,39-44H2,1-6H3. The molecule has 2 aromatic carbocycles. The van der Waals surface area contributed by atoms with Crippen molar-refractivity contribution in [3.05, 3.63) is 150 Å². The molecular formula is C85H103NO4S6. The van der Waals surface area contributed by atoms with Crippen LogP contribution in [0.5, 0.6) is 0 Å². The average molecular weight is 1400 g/mol. The highest BCUT2D eigenvalue weighted by molar-refractivity contribution is 7.33. The molecule has 2 aliphatic carbocycles. The number of ketones is 4. The minimum atomic E-state index is -0.164. The summed E-state index contributed by atoms with van der Waals surface area (Å²) in [4.78, 5) is 68.0. The van der Waals surface area contributed by atoms with E-state index in [2.05, 4.69) is 82.5 Å². The molecule has 0 aliphatic heterocycles. The highest BCUT2D eigenvalue weighted by atomic mass is 32.1. The summed E-state index contributed by atoms with van der Waals surface area (Å²) in [6.07, 6.45) is 44.7. The number of benzene rings is 2. The predicted octanol–water partition coefficient (Wildman–Crippen LogP) is 28.3. The number of carbonyl (C=O) groups excluding carboxylic acids is 4. The Kier molecular flexibility index (Phi) is 26.6. The van der Waals surface area contributed by atoms with Crippen LogP contribution in [0.4, 0.5) is 0 Å². The molecular weight excluding hydrogens is 1290 g/mol. The van der Waals surface area contributed by atoms with Crippen LogP contribution in [0.2, 0.25) is 0 Å². The lowest BCUT2D eigenvalue weighted by molar-refractivity contribution is 0.0975. The summed E-state index contributed by atoms with van der Waals surface area (Å²) >= 11 is 11.5. The van der Waals surface area contributed by atoms with Crippen molar-refractivity contribution < 1.29 is 19.2 Å². The number of unbranched alkanes of at least 4 members (excludes halogenated alkanes) is 22. The van der Waals surface area contributed by atoms with E-state index < -0.39 is 0 Å². The summed E-state index contributed by atoms with van der Waals surface area (Å²) in [5.74, 6) is -0.656. The van der Waals surface area contributed by atoms with Gasteiger partial charge in [0.25, 0.3) is 0 Å². The molecule has 0 bridgehead atoms. The number of rotatable bonds is 41. The highest BCUT2D eigenvalue weighted by Crippen LogP contribution is 2.54. The van der Waals surface area contributed by atoms with Crippen LogP contribution in [0.3, 0.4) is 0 Å². The summed E-state index contributed by atoms with van der Waals surface area (Å²) in [5, 5.41) is 0. The van der Waals surface area contributed by atoms with E-state index in [1.807, 2.05) is 81.8 Å². The fraction of sp³-hybridized carbons (Fsp3) is 0.482. The van der Waals surface area contributed by atoms with Gasteiger partial charge >= 0.3 is 0 Å². The largest absolute Gasteiger partial charge is 0.336 e. The van der Waals surface area contributed by atoms with Crippen molar-refractivity contribution in [2.75, 3.05) is 0 Å².